The van der Waals surface area contributed by atoms with Gasteiger partial charge in [-0.15, -0.1) is 0 Å². The number of alkyl halides is 3. The maximum Gasteiger partial charge on any atom is 0.416 e. The minimum absolute atomic E-state index is 0.421. The van der Waals surface area contributed by atoms with Crippen molar-refractivity contribution in [3.63, 3.8) is 0 Å². The van der Waals surface area contributed by atoms with Crippen molar-refractivity contribution in [3.05, 3.63) is 69.4 Å². The van der Waals surface area contributed by atoms with Gasteiger partial charge >= 0.3 is 6.18 Å². The van der Waals surface area contributed by atoms with Crippen molar-refractivity contribution in [2.75, 3.05) is 7.05 Å². The van der Waals surface area contributed by atoms with E-state index in [4.69, 9.17) is 0 Å². The lowest BCUT2D eigenvalue weighted by Crippen LogP contribution is -2.18. The molecule has 1 nitrogen and oxygen atoms in total. The van der Waals surface area contributed by atoms with E-state index in [0.29, 0.717) is 15.6 Å². The van der Waals surface area contributed by atoms with Crippen LogP contribution in [0.15, 0.2) is 46.9 Å². The highest BCUT2D eigenvalue weighted by molar-refractivity contribution is 9.10. The zero-order valence-electron chi connectivity index (χ0n) is 11.0. The molecular formula is C15H12BrF4N. The third-order valence-corrected chi connectivity index (χ3v) is 3.51. The summed E-state index contributed by atoms with van der Waals surface area (Å²) >= 11 is 3.18. The van der Waals surface area contributed by atoms with Crippen LogP contribution in [-0.4, -0.2) is 7.05 Å². The summed E-state index contributed by atoms with van der Waals surface area (Å²) in [6.07, 6.45) is -4.41. The molecule has 0 spiro atoms. The second-order valence-electron chi connectivity index (χ2n) is 4.55. The average Bonchev–Trinajstić information content (AvgIpc) is 2.38. The summed E-state index contributed by atoms with van der Waals surface area (Å²) in [5.41, 5.74) is 0.240. The van der Waals surface area contributed by atoms with Gasteiger partial charge in [0.2, 0.25) is 0 Å². The second-order valence-corrected chi connectivity index (χ2v) is 5.46. The first kappa shape index (κ1) is 16.0. The Hall–Kier alpha value is -1.40. The number of rotatable bonds is 3. The van der Waals surface area contributed by atoms with E-state index in [1.165, 1.54) is 18.2 Å². The predicted molar refractivity (Wildman–Crippen MR) is 76.4 cm³/mol. The summed E-state index contributed by atoms with van der Waals surface area (Å²) in [6.45, 7) is 0. The number of hydrogen-bond donors (Lipinski definition) is 1. The van der Waals surface area contributed by atoms with Crippen LogP contribution in [0.1, 0.15) is 22.7 Å². The normalized spacial score (nSPS) is 13.2. The average molecular weight is 362 g/mol. The summed E-state index contributed by atoms with van der Waals surface area (Å²) in [4.78, 5) is 0. The van der Waals surface area contributed by atoms with Crippen LogP contribution in [-0.2, 0) is 6.18 Å². The largest absolute Gasteiger partial charge is 0.416 e. The Bertz CT molecular complexity index is 620. The van der Waals surface area contributed by atoms with Gasteiger partial charge in [-0.3, -0.25) is 0 Å². The van der Waals surface area contributed by atoms with E-state index >= 15 is 0 Å². The van der Waals surface area contributed by atoms with Gasteiger partial charge in [-0.25, -0.2) is 4.39 Å². The van der Waals surface area contributed by atoms with Gasteiger partial charge in [0.1, 0.15) is 5.82 Å². The molecule has 0 saturated carbocycles. The van der Waals surface area contributed by atoms with Gasteiger partial charge in [-0.2, -0.15) is 13.2 Å². The predicted octanol–water partition coefficient (Wildman–Crippen LogP) is 4.92. The first-order valence-corrected chi connectivity index (χ1v) is 6.91. The number of hydrogen-bond acceptors (Lipinski definition) is 1. The van der Waals surface area contributed by atoms with Crippen LogP contribution in [0.4, 0.5) is 17.6 Å². The van der Waals surface area contributed by atoms with Crippen molar-refractivity contribution < 1.29 is 17.6 Å². The molecule has 2 aromatic carbocycles. The van der Waals surface area contributed by atoms with Crippen LogP contribution in [0.2, 0.25) is 0 Å². The molecule has 21 heavy (non-hydrogen) atoms. The number of benzene rings is 2. The van der Waals surface area contributed by atoms with Crippen molar-refractivity contribution >= 4 is 15.9 Å². The molecule has 0 radical (unpaired) electrons. The van der Waals surface area contributed by atoms with E-state index in [0.717, 1.165) is 12.1 Å². The van der Waals surface area contributed by atoms with Gasteiger partial charge in [0, 0.05) is 4.47 Å². The van der Waals surface area contributed by atoms with Crippen LogP contribution in [0, 0.1) is 5.82 Å². The van der Waals surface area contributed by atoms with Crippen LogP contribution in [0.25, 0.3) is 0 Å². The Kier molecular flexibility index (Phi) is 4.68. The molecule has 0 fully saturated rings. The summed E-state index contributed by atoms with van der Waals surface area (Å²) in [7, 11) is 1.61. The maximum atomic E-state index is 13.5. The molecule has 0 heterocycles. The molecule has 0 saturated heterocycles. The lowest BCUT2D eigenvalue weighted by atomic mass is 9.97. The van der Waals surface area contributed by atoms with E-state index in [-0.39, 0.29) is 0 Å². The van der Waals surface area contributed by atoms with Crippen molar-refractivity contribution in [2.24, 2.45) is 0 Å². The van der Waals surface area contributed by atoms with Crippen LogP contribution < -0.4 is 5.32 Å². The Morgan fingerprint density at radius 2 is 1.76 bits per heavy atom. The minimum Gasteiger partial charge on any atom is -0.309 e. The van der Waals surface area contributed by atoms with E-state index in [1.54, 1.807) is 19.2 Å². The van der Waals surface area contributed by atoms with Gasteiger partial charge in [-0.05, 0) is 48.5 Å². The zero-order valence-corrected chi connectivity index (χ0v) is 12.6. The lowest BCUT2D eigenvalue weighted by Gasteiger charge is -2.19. The molecule has 0 aliphatic carbocycles. The van der Waals surface area contributed by atoms with Crippen LogP contribution in [0.5, 0.6) is 0 Å². The van der Waals surface area contributed by atoms with Crippen molar-refractivity contribution in [1.82, 2.24) is 5.32 Å². The van der Waals surface area contributed by atoms with Crippen LogP contribution in [0.3, 0.4) is 0 Å². The Morgan fingerprint density at radius 1 is 1.05 bits per heavy atom. The topological polar surface area (TPSA) is 12.0 Å². The second kappa shape index (κ2) is 6.15. The highest BCUT2D eigenvalue weighted by Crippen LogP contribution is 2.32. The smallest absolute Gasteiger partial charge is 0.309 e. The third kappa shape index (κ3) is 3.83. The van der Waals surface area contributed by atoms with Crippen molar-refractivity contribution in [2.45, 2.75) is 12.2 Å². The molecule has 6 heteroatoms. The fourth-order valence-corrected chi connectivity index (χ4v) is 2.65. The fraction of sp³-hybridized carbons (Fsp3) is 0.200. The Labute approximate surface area is 128 Å². The molecule has 2 aromatic rings. The number of halogens is 5. The molecular weight excluding hydrogens is 350 g/mol. The molecule has 0 bridgehead atoms. The molecule has 2 rings (SSSR count). The molecule has 1 unspecified atom stereocenters. The fourth-order valence-electron chi connectivity index (χ4n) is 2.16. The Balaban J connectivity index is 2.46. The quantitative estimate of drug-likeness (QED) is 0.765. The van der Waals surface area contributed by atoms with E-state index in [2.05, 4.69) is 21.2 Å². The molecule has 0 aliphatic rings. The van der Waals surface area contributed by atoms with E-state index < -0.39 is 23.6 Å². The Morgan fingerprint density at radius 3 is 2.33 bits per heavy atom. The summed E-state index contributed by atoms with van der Waals surface area (Å²) in [5, 5.41) is 2.91. The third-order valence-electron chi connectivity index (χ3n) is 3.05. The molecule has 1 atom stereocenters. The summed E-state index contributed by atoms with van der Waals surface area (Å²) in [5.74, 6) is -0.452. The van der Waals surface area contributed by atoms with E-state index in [1.807, 2.05) is 0 Å². The van der Waals surface area contributed by atoms with Crippen molar-refractivity contribution in [1.29, 1.82) is 0 Å². The van der Waals surface area contributed by atoms with Gasteiger partial charge in [-0.1, -0.05) is 28.1 Å². The lowest BCUT2D eigenvalue weighted by molar-refractivity contribution is -0.137. The van der Waals surface area contributed by atoms with Crippen molar-refractivity contribution in [3.8, 4) is 0 Å². The molecule has 0 aliphatic heterocycles. The first-order chi connectivity index (χ1) is 9.81. The van der Waals surface area contributed by atoms with Gasteiger partial charge in [0.25, 0.3) is 0 Å². The minimum atomic E-state index is -4.41. The molecule has 1 N–H and O–H groups in total. The summed E-state index contributed by atoms with van der Waals surface area (Å²) in [6, 6.07) is 8.74. The number of nitrogens with one attached hydrogen (secondary N) is 1. The summed E-state index contributed by atoms with van der Waals surface area (Å²) < 4.78 is 52.3. The molecule has 0 amide bonds. The molecule has 112 valence electrons. The van der Waals surface area contributed by atoms with Gasteiger partial charge < -0.3 is 5.32 Å². The van der Waals surface area contributed by atoms with Crippen LogP contribution >= 0.6 is 15.9 Å². The van der Waals surface area contributed by atoms with Gasteiger partial charge in [0.15, 0.2) is 0 Å². The standard InChI is InChI=1S/C15H12BrF4N/c1-21-14(10-6-12(16)8-13(17)7-10)9-3-2-4-11(5-9)15(18,19)20/h2-8,14,21H,1H3. The van der Waals surface area contributed by atoms with E-state index in [9.17, 15) is 17.6 Å². The SMILES string of the molecule is CNC(c1cc(F)cc(Br)c1)c1cccc(C(F)(F)F)c1. The highest BCUT2D eigenvalue weighted by atomic mass is 79.9. The van der Waals surface area contributed by atoms with Gasteiger partial charge in [0.05, 0.1) is 11.6 Å². The maximum absolute atomic E-state index is 13.5. The monoisotopic (exact) mass is 361 g/mol. The highest BCUT2D eigenvalue weighted by Gasteiger charge is 2.31. The molecule has 0 aromatic heterocycles. The first-order valence-electron chi connectivity index (χ1n) is 6.11. The zero-order chi connectivity index (χ0) is 15.6.